The number of hydrogen-bond acceptors (Lipinski definition) is 6. The summed E-state index contributed by atoms with van der Waals surface area (Å²) >= 11 is 1.31. The van der Waals surface area contributed by atoms with Gasteiger partial charge in [0.25, 0.3) is 11.8 Å². The summed E-state index contributed by atoms with van der Waals surface area (Å²) in [5, 5.41) is 14.9. The van der Waals surface area contributed by atoms with E-state index in [4.69, 9.17) is 0 Å². The summed E-state index contributed by atoms with van der Waals surface area (Å²) in [5.41, 5.74) is 1.21. The summed E-state index contributed by atoms with van der Waals surface area (Å²) in [6, 6.07) is 6.89. The van der Waals surface area contributed by atoms with Gasteiger partial charge in [0.1, 0.15) is 5.01 Å². The molecule has 28 heavy (non-hydrogen) atoms. The molecular weight excluding hydrogens is 374 g/mol. The smallest absolute Gasteiger partial charge is 0.286 e. The number of rotatable bonds is 9. The number of carbonyl (C=O) groups is 2. The Morgan fingerprint density at radius 1 is 1.11 bits per heavy atom. The number of anilines is 1. The molecule has 1 aliphatic rings. The van der Waals surface area contributed by atoms with Crippen LogP contribution in [0, 0.1) is 0 Å². The van der Waals surface area contributed by atoms with Crippen LogP contribution in [-0.4, -0.2) is 53.1 Å². The molecule has 0 spiro atoms. The molecule has 150 valence electrons. The van der Waals surface area contributed by atoms with Crippen LogP contribution in [-0.2, 0) is 6.42 Å². The lowest BCUT2D eigenvalue weighted by atomic mass is 10.2. The van der Waals surface area contributed by atoms with E-state index in [1.54, 1.807) is 24.3 Å². The van der Waals surface area contributed by atoms with Crippen molar-refractivity contribution >= 4 is 28.8 Å². The van der Waals surface area contributed by atoms with E-state index in [2.05, 4.69) is 32.7 Å². The minimum Gasteiger partial charge on any atom is -0.352 e. The first-order chi connectivity index (χ1) is 13.7. The molecule has 8 heteroatoms. The predicted octanol–water partition coefficient (Wildman–Crippen LogP) is 2.96. The van der Waals surface area contributed by atoms with Crippen LogP contribution < -0.4 is 10.6 Å². The third kappa shape index (κ3) is 5.84. The van der Waals surface area contributed by atoms with Gasteiger partial charge in [0.2, 0.25) is 5.01 Å². The van der Waals surface area contributed by atoms with Gasteiger partial charge in [-0.2, -0.15) is 0 Å². The average molecular weight is 402 g/mol. The lowest BCUT2D eigenvalue weighted by Crippen LogP contribution is -2.28. The first-order valence-corrected chi connectivity index (χ1v) is 10.7. The van der Waals surface area contributed by atoms with Crippen LogP contribution >= 0.6 is 11.3 Å². The molecule has 0 unspecified atom stereocenters. The largest absolute Gasteiger partial charge is 0.352 e. The highest BCUT2D eigenvalue weighted by Gasteiger charge is 2.14. The SMILES string of the molecule is CCCc1nnc(C(=O)Nc2ccc(C(=O)NCCCN3CCCC3)cc2)s1. The Morgan fingerprint density at radius 3 is 2.57 bits per heavy atom. The van der Waals surface area contributed by atoms with Gasteiger partial charge in [0.05, 0.1) is 0 Å². The highest BCUT2D eigenvalue weighted by atomic mass is 32.1. The lowest BCUT2D eigenvalue weighted by molar-refractivity contribution is 0.0951. The van der Waals surface area contributed by atoms with Crippen LogP contribution in [0.4, 0.5) is 5.69 Å². The molecule has 1 saturated heterocycles. The number of nitrogens with zero attached hydrogens (tertiary/aromatic N) is 3. The van der Waals surface area contributed by atoms with E-state index in [1.807, 2.05) is 0 Å². The Morgan fingerprint density at radius 2 is 1.86 bits per heavy atom. The summed E-state index contributed by atoms with van der Waals surface area (Å²) in [6.07, 6.45) is 5.33. The molecule has 2 N–H and O–H groups in total. The Hall–Kier alpha value is -2.32. The van der Waals surface area contributed by atoms with Gasteiger partial charge in [0.15, 0.2) is 0 Å². The third-order valence-corrected chi connectivity index (χ3v) is 5.65. The van der Waals surface area contributed by atoms with E-state index in [0.29, 0.717) is 22.8 Å². The lowest BCUT2D eigenvalue weighted by Gasteiger charge is -2.14. The van der Waals surface area contributed by atoms with Crippen LogP contribution in [0.15, 0.2) is 24.3 Å². The summed E-state index contributed by atoms with van der Waals surface area (Å²) in [5.74, 6) is -0.369. The molecule has 0 saturated carbocycles. The fourth-order valence-electron chi connectivity index (χ4n) is 3.16. The molecule has 2 amide bonds. The number of nitrogens with one attached hydrogen (secondary N) is 2. The van der Waals surface area contributed by atoms with Crippen molar-refractivity contribution < 1.29 is 9.59 Å². The summed E-state index contributed by atoms with van der Waals surface area (Å²) in [4.78, 5) is 26.9. The number of carbonyl (C=O) groups excluding carboxylic acids is 2. The van der Waals surface area contributed by atoms with Gasteiger partial charge >= 0.3 is 0 Å². The van der Waals surface area contributed by atoms with Gasteiger partial charge in [-0.05, 0) is 69.6 Å². The van der Waals surface area contributed by atoms with Gasteiger partial charge in [-0.1, -0.05) is 18.3 Å². The molecule has 1 aromatic heterocycles. The number of amides is 2. The fourth-order valence-corrected chi connectivity index (χ4v) is 4.00. The molecule has 1 aliphatic heterocycles. The fraction of sp³-hybridized carbons (Fsp3) is 0.500. The van der Waals surface area contributed by atoms with Crippen molar-refractivity contribution in [3.63, 3.8) is 0 Å². The monoisotopic (exact) mass is 401 g/mol. The van der Waals surface area contributed by atoms with Crippen molar-refractivity contribution in [2.45, 2.75) is 39.0 Å². The van der Waals surface area contributed by atoms with E-state index >= 15 is 0 Å². The van der Waals surface area contributed by atoms with Crippen molar-refractivity contribution in [3.05, 3.63) is 39.8 Å². The molecule has 0 atom stereocenters. The maximum absolute atomic E-state index is 12.2. The quantitative estimate of drug-likeness (QED) is 0.631. The van der Waals surface area contributed by atoms with Crippen LogP contribution in [0.3, 0.4) is 0 Å². The summed E-state index contributed by atoms with van der Waals surface area (Å²) < 4.78 is 0. The topological polar surface area (TPSA) is 87.2 Å². The molecule has 3 rings (SSSR count). The van der Waals surface area contributed by atoms with Gasteiger partial charge in [-0.3, -0.25) is 9.59 Å². The molecule has 2 heterocycles. The zero-order valence-electron chi connectivity index (χ0n) is 16.2. The van der Waals surface area contributed by atoms with Crippen LogP contribution in [0.1, 0.15) is 57.8 Å². The first-order valence-electron chi connectivity index (χ1n) is 9.90. The second-order valence-electron chi connectivity index (χ2n) is 6.94. The van der Waals surface area contributed by atoms with Gasteiger partial charge < -0.3 is 15.5 Å². The minimum atomic E-state index is -0.279. The number of aryl methyl sites for hydroxylation is 1. The Kier molecular flexibility index (Phi) is 7.50. The van der Waals surface area contributed by atoms with Crippen molar-refractivity contribution in [2.24, 2.45) is 0 Å². The highest BCUT2D eigenvalue weighted by molar-refractivity contribution is 7.13. The summed E-state index contributed by atoms with van der Waals surface area (Å²) in [7, 11) is 0. The zero-order chi connectivity index (χ0) is 19.8. The van der Waals surface area contributed by atoms with Crippen molar-refractivity contribution in [1.82, 2.24) is 20.4 Å². The van der Waals surface area contributed by atoms with Crippen LogP contribution in [0.2, 0.25) is 0 Å². The molecule has 7 nitrogen and oxygen atoms in total. The number of hydrogen-bond donors (Lipinski definition) is 2. The third-order valence-electron chi connectivity index (χ3n) is 4.67. The molecule has 2 aromatic rings. The Labute approximate surface area is 169 Å². The van der Waals surface area contributed by atoms with Gasteiger partial charge in [-0.15, -0.1) is 10.2 Å². The molecule has 1 fully saturated rings. The van der Waals surface area contributed by atoms with E-state index in [1.165, 1.54) is 37.3 Å². The van der Waals surface area contributed by atoms with E-state index in [-0.39, 0.29) is 11.8 Å². The van der Waals surface area contributed by atoms with E-state index < -0.39 is 0 Å². The molecule has 0 bridgehead atoms. The second-order valence-corrected chi connectivity index (χ2v) is 8.00. The van der Waals surface area contributed by atoms with E-state index in [0.717, 1.165) is 30.8 Å². The molecule has 1 aromatic carbocycles. The highest BCUT2D eigenvalue weighted by Crippen LogP contribution is 2.15. The van der Waals surface area contributed by atoms with Crippen LogP contribution in [0.5, 0.6) is 0 Å². The molecular formula is C20H27N5O2S. The average Bonchev–Trinajstić information content (AvgIpc) is 3.38. The maximum atomic E-state index is 12.2. The number of aromatic nitrogens is 2. The Balaban J connectivity index is 1.44. The standard InChI is InChI=1S/C20H27N5O2S/c1-2-6-17-23-24-20(28-17)19(27)22-16-9-7-15(8-10-16)18(26)21-11-5-14-25-12-3-4-13-25/h7-10H,2-6,11-14H2,1H3,(H,21,26)(H,22,27). The normalized spacial score (nSPS) is 14.2. The maximum Gasteiger partial charge on any atom is 0.286 e. The first kappa shape index (κ1) is 20.4. The zero-order valence-corrected chi connectivity index (χ0v) is 17.1. The summed E-state index contributed by atoms with van der Waals surface area (Å²) in [6.45, 7) is 6.13. The predicted molar refractivity (Wildman–Crippen MR) is 111 cm³/mol. The Bertz CT molecular complexity index is 784. The minimum absolute atomic E-state index is 0.0902. The van der Waals surface area contributed by atoms with E-state index in [9.17, 15) is 9.59 Å². The van der Waals surface area contributed by atoms with Crippen molar-refractivity contribution in [3.8, 4) is 0 Å². The number of likely N-dealkylation sites (tertiary alicyclic amines) is 1. The van der Waals surface area contributed by atoms with Gasteiger partial charge in [0, 0.05) is 24.2 Å². The molecule has 0 aliphatic carbocycles. The molecule has 0 radical (unpaired) electrons. The number of benzene rings is 1. The second kappa shape index (κ2) is 10.3. The van der Waals surface area contributed by atoms with Gasteiger partial charge in [-0.25, -0.2) is 0 Å². The van der Waals surface area contributed by atoms with Crippen LogP contribution in [0.25, 0.3) is 0 Å². The van der Waals surface area contributed by atoms with Crippen molar-refractivity contribution in [1.29, 1.82) is 0 Å². The van der Waals surface area contributed by atoms with Crippen molar-refractivity contribution in [2.75, 3.05) is 31.5 Å².